The van der Waals surface area contributed by atoms with Gasteiger partial charge in [0, 0.05) is 11.1 Å². The fourth-order valence-electron chi connectivity index (χ4n) is 1.71. The average Bonchev–Trinajstić information content (AvgIpc) is 2.29. The second-order valence-electron chi connectivity index (χ2n) is 3.87. The molecule has 0 aliphatic carbocycles. The lowest BCUT2D eigenvalue weighted by atomic mass is 10.2. The van der Waals surface area contributed by atoms with Gasteiger partial charge < -0.3 is 0 Å². The second kappa shape index (κ2) is 6.05. The predicted molar refractivity (Wildman–Crippen MR) is 80.3 cm³/mol. The first-order valence-electron chi connectivity index (χ1n) is 5.28. The molecule has 0 amide bonds. The maximum atomic E-state index is 12.4. The van der Waals surface area contributed by atoms with Crippen molar-refractivity contribution in [2.75, 3.05) is 0 Å². The van der Waals surface area contributed by atoms with E-state index in [0.29, 0.717) is 0 Å². The van der Waals surface area contributed by atoms with E-state index in [2.05, 4.69) is 0 Å². The predicted octanol–water partition coefficient (Wildman–Crippen LogP) is 3.14. The van der Waals surface area contributed by atoms with Gasteiger partial charge in [-0.15, -0.1) is 0 Å². The fourth-order valence-corrected chi connectivity index (χ4v) is 3.20. The van der Waals surface area contributed by atoms with Crippen molar-refractivity contribution in [3.8, 4) is 0 Å². The van der Waals surface area contributed by atoms with Crippen LogP contribution in [0, 0.1) is 13.8 Å². The van der Waals surface area contributed by atoms with Crippen molar-refractivity contribution >= 4 is 28.3 Å². The molecule has 0 fully saturated rings. The van der Waals surface area contributed by atoms with E-state index in [0.717, 1.165) is 21.7 Å². The van der Waals surface area contributed by atoms with E-state index in [1.807, 2.05) is 62.4 Å². The third-order valence-corrected chi connectivity index (χ3v) is 4.55. The van der Waals surface area contributed by atoms with E-state index in [1.165, 1.54) is 0 Å². The van der Waals surface area contributed by atoms with E-state index >= 15 is 0 Å². The maximum absolute atomic E-state index is 12.4. The van der Waals surface area contributed by atoms with E-state index in [1.54, 1.807) is 0 Å². The van der Waals surface area contributed by atoms with E-state index in [-0.39, 0.29) is 9.90 Å². The lowest BCUT2D eigenvalue weighted by Gasteiger charge is -1.96. The molecular formula is C14H17OP2+. The molecule has 2 rings (SSSR count). The topological polar surface area (TPSA) is 17.1 Å². The SMILES string of the molecule is Cc1ccccc1[P+](=O)c1ccccc1C.P. The summed E-state index contributed by atoms with van der Waals surface area (Å²) in [5.74, 6) is 0. The highest BCUT2D eigenvalue weighted by Crippen LogP contribution is 2.22. The number of rotatable bonds is 2. The monoisotopic (exact) mass is 263 g/mol. The van der Waals surface area contributed by atoms with Gasteiger partial charge in [-0.05, 0) is 26.0 Å². The third-order valence-electron chi connectivity index (χ3n) is 2.67. The largest absolute Gasteiger partial charge is 0.415 e. The number of aryl methyl sites for hydroxylation is 2. The molecule has 0 aromatic heterocycles. The van der Waals surface area contributed by atoms with Crippen LogP contribution < -0.4 is 10.6 Å². The Labute approximate surface area is 107 Å². The van der Waals surface area contributed by atoms with Gasteiger partial charge in [-0.25, -0.2) is 0 Å². The number of hydrogen-bond acceptors (Lipinski definition) is 1. The van der Waals surface area contributed by atoms with Crippen LogP contribution in [0.1, 0.15) is 11.1 Å². The molecule has 1 nitrogen and oxygen atoms in total. The molecule has 0 saturated heterocycles. The first-order valence-corrected chi connectivity index (χ1v) is 6.54. The van der Waals surface area contributed by atoms with Crippen LogP contribution in [0.4, 0.5) is 0 Å². The van der Waals surface area contributed by atoms with Gasteiger partial charge in [0.05, 0.1) is 0 Å². The lowest BCUT2D eigenvalue weighted by Crippen LogP contribution is -2.11. The molecule has 0 radical (unpaired) electrons. The molecular weight excluding hydrogens is 246 g/mol. The normalized spacial score (nSPS) is 9.53. The van der Waals surface area contributed by atoms with Crippen molar-refractivity contribution in [3.05, 3.63) is 59.7 Å². The molecule has 0 aliphatic heterocycles. The summed E-state index contributed by atoms with van der Waals surface area (Å²) in [6, 6.07) is 15.7. The second-order valence-corrected chi connectivity index (χ2v) is 5.42. The maximum Gasteiger partial charge on any atom is 0.415 e. The zero-order valence-electron chi connectivity index (χ0n) is 10.2. The smallest absolute Gasteiger partial charge is 0.153 e. The Morgan fingerprint density at radius 3 is 1.47 bits per heavy atom. The van der Waals surface area contributed by atoms with E-state index in [9.17, 15) is 4.57 Å². The summed E-state index contributed by atoms with van der Waals surface area (Å²) in [7, 11) is -1.46. The van der Waals surface area contributed by atoms with Crippen LogP contribution in [0.5, 0.6) is 0 Å². The zero-order chi connectivity index (χ0) is 11.5. The van der Waals surface area contributed by atoms with Crippen molar-refractivity contribution < 1.29 is 4.57 Å². The van der Waals surface area contributed by atoms with Crippen LogP contribution in [0.3, 0.4) is 0 Å². The van der Waals surface area contributed by atoms with Gasteiger partial charge in [-0.2, -0.15) is 9.90 Å². The molecule has 0 saturated carbocycles. The molecule has 0 N–H and O–H groups in total. The molecule has 0 spiro atoms. The molecule has 17 heavy (non-hydrogen) atoms. The summed E-state index contributed by atoms with van der Waals surface area (Å²) >= 11 is 0. The summed E-state index contributed by atoms with van der Waals surface area (Å²) < 4.78 is 12.4. The zero-order valence-corrected chi connectivity index (χ0v) is 12.5. The number of benzene rings is 2. The standard InChI is InChI=1S/C14H14OP.H3P/c1-11-7-3-5-9-13(11)16(15)14-10-6-4-8-12(14)2;/h3-10H,1-2H3;1H3/q+1;. The summed E-state index contributed by atoms with van der Waals surface area (Å²) in [5.41, 5.74) is 2.18. The summed E-state index contributed by atoms with van der Waals surface area (Å²) in [6.45, 7) is 4.00. The first kappa shape index (κ1) is 14.0. The van der Waals surface area contributed by atoms with Crippen molar-refractivity contribution in [2.45, 2.75) is 13.8 Å². The Kier molecular flexibility index (Phi) is 5.00. The molecule has 1 unspecified atom stereocenters. The Balaban J connectivity index is 0.00000144. The van der Waals surface area contributed by atoms with Gasteiger partial charge >= 0.3 is 7.80 Å². The Bertz CT molecular complexity index is 488. The molecule has 88 valence electrons. The van der Waals surface area contributed by atoms with E-state index in [4.69, 9.17) is 0 Å². The molecule has 2 aromatic rings. The quantitative estimate of drug-likeness (QED) is 0.761. The molecule has 0 bridgehead atoms. The van der Waals surface area contributed by atoms with Crippen LogP contribution in [-0.2, 0) is 4.57 Å². The van der Waals surface area contributed by atoms with Crippen molar-refractivity contribution in [1.82, 2.24) is 0 Å². The van der Waals surface area contributed by atoms with Crippen molar-refractivity contribution in [2.24, 2.45) is 0 Å². The Morgan fingerprint density at radius 2 is 1.12 bits per heavy atom. The Hall–Kier alpha value is -1.03. The van der Waals surface area contributed by atoms with Crippen molar-refractivity contribution in [3.63, 3.8) is 0 Å². The summed E-state index contributed by atoms with van der Waals surface area (Å²) in [6.07, 6.45) is 0. The van der Waals surface area contributed by atoms with Gasteiger partial charge in [0.25, 0.3) is 0 Å². The molecule has 0 aliphatic rings. The minimum atomic E-state index is -1.46. The first-order chi connectivity index (χ1) is 7.70. The highest BCUT2D eigenvalue weighted by molar-refractivity contribution is 7.61. The fraction of sp³-hybridized carbons (Fsp3) is 0.143. The van der Waals surface area contributed by atoms with E-state index < -0.39 is 7.80 Å². The lowest BCUT2D eigenvalue weighted by molar-refractivity contribution is 0.598. The van der Waals surface area contributed by atoms with Crippen molar-refractivity contribution in [1.29, 1.82) is 0 Å². The van der Waals surface area contributed by atoms with Crippen LogP contribution in [0.2, 0.25) is 0 Å². The van der Waals surface area contributed by atoms with Gasteiger partial charge in [0.15, 0.2) is 10.6 Å². The summed E-state index contributed by atoms with van der Waals surface area (Å²) in [5, 5.41) is 1.87. The highest BCUT2D eigenvalue weighted by Gasteiger charge is 2.26. The molecule has 3 heteroatoms. The minimum Gasteiger partial charge on any atom is -0.153 e. The van der Waals surface area contributed by atoms with Gasteiger partial charge in [0.1, 0.15) is 0 Å². The van der Waals surface area contributed by atoms with Gasteiger partial charge in [-0.3, -0.25) is 0 Å². The molecule has 0 heterocycles. The molecule has 1 atom stereocenters. The van der Waals surface area contributed by atoms with Crippen LogP contribution in [0.15, 0.2) is 48.5 Å². The molecule has 2 aromatic carbocycles. The van der Waals surface area contributed by atoms with Gasteiger partial charge in [0.2, 0.25) is 0 Å². The Morgan fingerprint density at radius 1 is 0.765 bits per heavy atom. The minimum absolute atomic E-state index is 0. The van der Waals surface area contributed by atoms with Crippen LogP contribution in [-0.4, -0.2) is 0 Å². The average molecular weight is 263 g/mol. The third kappa shape index (κ3) is 3.00. The van der Waals surface area contributed by atoms with Crippen LogP contribution in [0.25, 0.3) is 0 Å². The van der Waals surface area contributed by atoms with Gasteiger partial charge in [-0.1, -0.05) is 41.0 Å². The van der Waals surface area contributed by atoms with Crippen LogP contribution >= 0.6 is 17.7 Å². The summed E-state index contributed by atoms with van der Waals surface area (Å²) in [4.78, 5) is 0. The number of hydrogen-bond donors (Lipinski definition) is 0. The highest BCUT2D eigenvalue weighted by atomic mass is 31.1.